The minimum atomic E-state index is -0.426. The third-order valence-electron chi connectivity index (χ3n) is 4.70. The summed E-state index contributed by atoms with van der Waals surface area (Å²) >= 11 is 0. The van der Waals surface area contributed by atoms with Crippen molar-refractivity contribution in [3.05, 3.63) is 106 Å². The van der Waals surface area contributed by atoms with Crippen LogP contribution in [-0.4, -0.2) is 10.7 Å². The van der Waals surface area contributed by atoms with E-state index < -0.39 is 4.92 Å². The predicted octanol–water partition coefficient (Wildman–Crippen LogP) is 6.21. The first-order valence-corrected chi connectivity index (χ1v) is 9.08. The molecule has 0 aliphatic heterocycles. The van der Waals surface area contributed by atoms with Crippen LogP contribution in [0.2, 0.25) is 0 Å². The van der Waals surface area contributed by atoms with Crippen molar-refractivity contribution in [3.8, 4) is 11.3 Å². The van der Waals surface area contributed by atoms with Crippen LogP contribution in [0, 0.1) is 17.0 Å². The summed E-state index contributed by atoms with van der Waals surface area (Å²) in [7, 11) is 0. The van der Waals surface area contributed by atoms with Gasteiger partial charge < -0.3 is 4.42 Å². The summed E-state index contributed by atoms with van der Waals surface area (Å²) in [5, 5.41) is 13.2. The monoisotopic (exact) mass is 383 g/mol. The largest absolute Gasteiger partial charge is 0.456 e. The number of rotatable bonds is 5. The Labute approximate surface area is 167 Å². The summed E-state index contributed by atoms with van der Waals surface area (Å²) in [5.41, 5.74) is 1.80. The Kier molecular flexibility index (Phi) is 4.79. The third-order valence-corrected chi connectivity index (χ3v) is 4.70. The number of aryl methyl sites for hydroxylation is 1. The van der Waals surface area contributed by atoms with Gasteiger partial charge >= 0.3 is 0 Å². The number of hydrogen-bond donors (Lipinski definition) is 0. The Balaban J connectivity index is 1.62. The fraction of sp³-hybridized carbons (Fsp3) is 0.0417. The first-order valence-electron chi connectivity index (χ1n) is 9.08. The van der Waals surface area contributed by atoms with Crippen molar-refractivity contribution in [3.63, 3.8) is 0 Å². The highest BCUT2D eigenvalue weighted by atomic mass is 16.6. The molecule has 142 valence electrons. The normalized spacial score (nSPS) is 11.2. The number of carbonyl (C=O) groups is 1. The lowest BCUT2D eigenvalue weighted by atomic mass is 10.0. The van der Waals surface area contributed by atoms with Gasteiger partial charge in [0.1, 0.15) is 11.5 Å². The standard InChI is InChI=1S/C24H17NO4/c1-16-9-12-21(22(15-16)25(27)28)24-14-11-18(29-24)10-13-23(26)20-8-4-6-17-5-2-3-7-19(17)20/h2-15H,1H3/b13-10+. The van der Waals surface area contributed by atoms with Crippen LogP contribution in [0.15, 0.2) is 83.3 Å². The number of fused-ring (bicyclic) bond motifs is 1. The fourth-order valence-electron chi connectivity index (χ4n) is 3.28. The zero-order chi connectivity index (χ0) is 20.4. The number of allylic oxidation sites excluding steroid dienone is 1. The molecule has 0 radical (unpaired) electrons. The average Bonchev–Trinajstić information content (AvgIpc) is 3.20. The highest BCUT2D eigenvalue weighted by Crippen LogP contribution is 2.32. The van der Waals surface area contributed by atoms with Crippen molar-refractivity contribution in [2.75, 3.05) is 0 Å². The van der Waals surface area contributed by atoms with Crippen LogP contribution < -0.4 is 0 Å². The number of nitrogens with zero attached hydrogens (tertiary/aromatic N) is 1. The SMILES string of the molecule is Cc1ccc(-c2ccc(/C=C/C(=O)c3cccc4ccccc34)o2)c([N+](=O)[O-])c1. The van der Waals surface area contributed by atoms with Crippen LogP contribution in [-0.2, 0) is 0 Å². The molecule has 0 aliphatic rings. The Hall–Kier alpha value is -3.99. The number of hydrogen-bond acceptors (Lipinski definition) is 4. The van der Waals surface area contributed by atoms with E-state index >= 15 is 0 Å². The molecule has 4 aromatic rings. The summed E-state index contributed by atoms with van der Waals surface area (Å²) in [4.78, 5) is 23.6. The molecule has 0 spiro atoms. The topological polar surface area (TPSA) is 73.3 Å². The number of furan rings is 1. The van der Waals surface area contributed by atoms with E-state index in [2.05, 4.69) is 0 Å². The minimum absolute atomic E-state index is 0.0123. The van der Waals surface area contributed by atoms with Gasteiger partial charge in [0, 0.05) is 11.6 Å². The van der Waals surface area contributed by atoms with Crippen LogP contribution in [0.1, 0.15) is 21.7 Å². The molecule has 0 aliphatic carbocycles. The second kappa shape index (κ2) is 7.56. The average molecular weight is 383 g/mol. The maximum atomic E-state index is 12.7. The molecule has 1 aromatic heterocycles. The van der Waals surface area contributed by atoms with Crippen LogP contribution >= 0.6 is 0 Å². The summed E-state index contributed by atoms with van der Waals surface area (Å²) < 4.78 is 5.73. The molecule has 3 aromatic carbocycles. The molecule has 0 unspecified atom stereocenters. The quantitative estimate of drug-likeness (QED) is 0.178. The Bertz CT molecular complexity index is 1260. The molecule has 1 heterocycles. The second-order valence-corrected chi connectivity index (χ2v) is 6.70. The summed E-state index contributed by atoms with van der Waals surface area (Å²) in [6.45, 7) is 1.80. The van der Waals surface area contributed by atoms with Crippen molar-refractivity contribution in [1.82, 2.24) is 0 Å². The lowest BCUT2D eigenvalue weighted by Gasteiger charge is -2.02. The van der Waals surface area contributed by atoms with Gasteiger partial charge in [0.15, 0.2) is 5.78 Å². The van der Waals surface area contributed by atoms with E-state index in [1.807, 2.05) is 36.4 Å². The smallest absolute Gasteiger partial charge is 0.280 e. The Morgan fingerprint density at radius 2 is 1.79 bits per heavy atom. The fourth-order valence-corrected chi connectivity index (χ4v) is 3.28. The molecule has 0 amide bonds. The zero-order valence-corrected chi connectivity index (χ0v) is 15.7. The van der Waals surface area contributed by atoms with Gasteiger partial charge in [-0.3, -0.25) is 14.9 Å². The van der Waals surface area contributed by atoms with Crippen molar-refractivity contribution >= 4 is 28.3 Å². The third kappa shape index (κ3) is 3.71. The maximum Gasteiger partial charge on any atom is 0.280 e. The second-order valence-electron chi connectivity index (χ2n) is 6.70. The van der Waals surface area contributed by atoms with E-state index in [4.69, 9.17) is 4.42 Å². The first kappa shape index (κ1) is 18.4. The van der Waals surface area contributed by atoms with E-state index in [9.17, 15) is 14.9 Å². The van der Waals surface area contributed by atoms with Gasteiger partial charge in [-0.25, -0.2) is 0 Å². The van der Waals surface area contributed by atoms with E-state index in [-0.39, 0.29) is 11.5 Å². The number of carbonyl (C=O) groups excluding carboxylic acids is 1. The molecular formula is C24H17NO4. The lowest BCUT2D eigenvalue weighted by Crippen LogP contribution is -1.95. The van der Waals surface area contributed by atoms with Gasteiger partial charge in [0.05, 0.1) is 10.5 Å². The maximum absolute atomic E-state index is 12.7. The molecule has 0 bridgehead atoms. The van der Waals surface area contributed by atoms with Crippen molar-refractivity contribution in [2.45, 2.75) is 6.92 Å². The molecular weight excluding hydrogens is 366 g/mol. The lowest BCUT2D eigenvalue weighted by molar-refractivity contribution is -0.384. The Morgan fingerprint density at radius 3 is 2.62 bits per heavy atom. The molecule has 0 N–H and O–H groups in total. The first-order chi connectivity index (χ1) is 14.0. The highest BCUT2D eigenvalue weighted by Gasteiger charge is 2.18. The summed E-state index contributed by atoms with van der Waals surface area (Å²) in [6, 6.07) is 21.6. The number of nitro benzene ring substituents is 1. The molecule has 0 saturated carbocycles. The predicted molar refractivity (Wildman–Crippen MR) is 113 cm³/mol. The van der Waals surface area contributed by atoms with Crippen LogP contribution in [0.5, 0.6) is 0 Å². The van der Waals surface area contributed by atoms with Crippen LogP contribution in [0.4, 0.5) is 5.69 Å². The van der Waals surface area contributed by atoms with E-state index in [1.165, 1.54) is 12.1 Å². The molecule has 4 rings (SSSR count). The van der Waals surface area contributed by atoms with Crippen LogP contribution in [0.25, 0.3) is 28.2 Å². The molecule has 5 heteroatoms. The highest BCUT2D eigenvalue weighted by molar-refractivity contribution is 6.14. The number of nitro groups is 1. The molecule has 0 fully saturated rings. The van der Waals surface area contributed by atoms with Crippen LogP contribution in [0.3, 0.4) is 0 Å². The number of benzene rings is 3. The molecule has 0 saturated heterocycles. The van der Waals surface area contributed by atoms with E-state index in [0.29, 0.717) is 22.6 Å². The van der Waals surface area contributed by atoms with E-state index in [0.717, 1.165) is 16.3 Å². The Morgan fingerprint density at radius 1 is 1.00 bits per heavy atom. The van der Waals surface area contributed by atoms with Gasteiger partial charge in [-0.2, -0.15) is 0 Å². The van der Waals surface area contributed by atoms with E-state index in [1.54, 1.807) is 43.3 Å². The van der Waals surface area contributed by atoms with Gasteiger partial charge in [-0.05, 0) is 53.6 Å². The molecule has 5 nitrogen and oxygen atoms in total. The molecule has 0 atom stereocenters. The van der Waals surface area contributed by atoms with Gasteiger partial charge in [0.25, 0.3) is 5.69 Å². The number of ketones is 1. The van der Waals surface area contributed by atoms with Crippen molar-refractivity contribution < 1.29 is 14.1 Å². The van der Waals surface area contributed by atoms with Crippen molar-refractivity contribution in [2.24, 2.45) is 0 Å². The van der Waals surface area contributed by atoms with Gasteiger partial charge in [-0.1, -0.05) is 48.5 Å². The van der Waals surface area contributed by atoms with Gasteiger partial charge in [0.2, 0.25) is 0 Å². The summed E-state index contributed by atoms with van der Waals surface area (Å²) in [6.07, 6.45) is 3.03. The van der Waals surface area contributed by atoms with Gasteiger partial charge in [-0.15, -0.1) is 0 Å². The van der Waals surface area contributed by atoms with Crippen molar-refractivity contribution in [1.29, 1.82) is 0 Å². The summed E-state index contributed by atoms with van der Waals surface area (Å²) in [5.74, 6) is 0.693. The molecule has 29 heavy (non-hydrogen) atoms. The minimum Gasteiger partial charge on any atom is -0.456 e. The zero-order valence-electron chi connectivity index (χ0n) is 15.7.